The van der Waals surface area contributed by atoms with E-state index >= 15 is 0 Å². The number of likely N-dealkylation sites (N-methyl/N-ethyl adjacent to an activating group) is 1. The van der Waals surface area contributed by atoms with Crippen molar-refractivity contribution < 1.29 is 33.4 Å². The molecule has 4 aromatic rings. The van der Waals surface area contributed by atoms with E-state index in [4.69, 9.17) is 9.47 Å². The molecule has 5 amide bonds. The van der Waals surface area contributed by atoms with Gasteiger partial charge in [-0.3, -0.25) is 53.8 Å². The van der Waals surface area contributed by atoms with E-state index in [9.17, 15) is 28.8 Å². The summed E-state index contributed by atoms with van der Waals surface area (Å²) in [5, 5.41) is 6.46. The molecule has 2 aromatic heterocycles. The zero-order valence-electron chi connectivity index (χ0n) is 29.9. The van der Waals surface area contributed by atoms with Crippen LogP contribution >= 0.6 is 0 Å². The van der Waals surface area contributed by atoms with Crippen molar-refractivity contribution in [2.75, 3.05) is 40.9 Å². The summed E-state index contributed by atoms with van der Waals surface area (Å²) in [6, 6.07) is 8.05. The molecule has 0 bridgehead atoms. The Balaban J connectivity index is 0.948. The molecule has 1 unspecified atom stereocenters. The second-order valence-corrected chi connectivity index (χ2v) is 13.6. The Morgan fingerprint density at radius 2 is 1.62 bits per heavy atom. The highest BCUT2D eigenvalue weighted by Crippen LogP contribution is 2.38. The fourth-order valence-electron chi connectivity index (χ4n) is 7.41. The number of carbonyl (C=O) groups is 5. The summed E-state index contributed by atoms with van der Waals surface area (Å²) >= 11 is 0. The molecule has 2 aromatic carbocycles. The third-order valence-electron chi connectivity index (χ3n) is 10.0. The Hall–Kier alpha value is -5.93. The van der Waals surface area contributed by atoms with Crippen LogP contribution in [0.15, 0.2) is 53.7 Å². The smallest absolute Gasteiger partial charge is 0.262 e. The fraction of sp³-hybridized carbons (Fsp3) is 0.342. The summed E-state index contributed by atoms with van der Waals surface area (Å²) in [5.74, 6) is -1.11. The third-order valence-corrected chi connectivity index (χ3v) is 10.0. The number of methoxy groups -OCH3 is 2. The summed E-state index contributed by atoms with van der Waals surface area (Å²) in [4.78, 5) is 85.2. The van der Waals surface area contributed by atoms with E-state index in [1.165, 1.54) is 4.57 Å². The van der Waals surface area contributed by atoms with Crippen molar-refractivity contribution in [3.05, 3.63) is 87.1 Å². The van der Waals surface area contributed by atoms with E-state index in [1.807, 2.05) is 30.1 Å². The molecular weight excluding hydrogens is 682 g/mol. The predicted octanol–water partition coefficient (Wildman–Crippen LogP) is 1.58. The van der Waals surface area contributed by atoms with Crippen LogP contribution in [0.2, 0.25) is 0 Å². The lowest BCUT2D eigenvalue weighted by Gasteiger charge is -2.27. The molecule has 274 valence electrons. The van der Waals surface area contributed by atoms with Gasteiger partial charge in [-0.05, 0) is 65.9 Å². The first-order valence-electron chi connectivity index (χ1n) is 17.2. The van der Waals surface area contributed by atoms with Gasteiger partial charge in [0.15, 0.2) is 0 Å². The van der Waals surface area contributed by atoms with E-state index < -0.39 is 29.7 Å². The van der Waals surface area contributed by atoms with Crippen molar-refractivity contribution in [2.45, 2.75) is 38.5 Å². The normalized spacial score (nSPS) is 17.0. The second kappa shape index (κ2) is 14.2. The zero-order valence-corrected chi connectivity index (χ0v) is 29.9. The van der Waals surface area contributed by atoms with Crippen molar-refractivity contribution in [1.29, 1.82) is 0 Å². The number of aryl methyl sites for hydroxylation is 1. The average Bonchev–Trinajstić information content (AvgIpc) is 3.65. The average molecular weight is 722 g/mol. The van der Waals surface area contributed by atoms with Gasteiger partial charge in [-0.1, -0.05) is 0 Å². The maximum absolute atomic E-state index is 13.2. The number of hydrogen-bond acceptors (Lipinski definition) is 11. The molecule has 15 nitrogen and oxygen atoms in total. The van der Waals surface area contributed by atoms with Gasteiger partial charge in [-0.25, -0.2) is 0 Å². The lowest BCUT2D eigenvalue weighted by molar-refractivity contribution is -0.136. The first-order valence-corrected chi connectivity index (χ1v) is 17.2. The molecule has 5 heterocycles. The molecule has 0 aliphatic carbocycles. The molecule has 7 rings (SSSR count). The number of benzene rings is 2. The zero-order chi connectivity index (χ0) is 37.6. The summed E-state index contributed by atoms with van der Waals surface area (Å²) in [6.07, 6.45) is 5.17. The molecule has 15 heteroatoms. The number of imide groups is 2. The van der Waals surface area contributed by atoms with Crippen LogP contribution in [0, 0.1) is 0 Å². The number of nitrogens with one attached hydrogen (secondary N) is 2. The molecule has 3 aliphatic rings. The van der Waals surface area contributed by atoms with Gasteiger partial charge in [0, 0.05) is 70.3 Å². The van der Waals surface area contributed by atoms with Gasteiger partial charge in [-0.15, -0.1) is 0 Å². The monoisotopic (exact) mass is 721 g/mol. The topological polar surface area (TPSA) is 172 Å². The quantitative estimate of drug-likeness (QED) is 0.216. The number of ether oxygens (including phenoxy) is 2. The SMILES string of the molecule is COc1cc(-c2cn(C)c(=O)c3cnccc23)cc(OC)c1CN(C)CC(=O)NCCN1Cc2cc3c(cc2C1)C(=O)N(C1CCC(=O)NC1=O)C3=O. The Morgan fingerprint density at radius 1 is 0.962 bits per heavy atom. The molecular formula is C38H39N7O8. The van der Waals surface area contributed by atoms with Crippen LogP contribution in [0.3, 0.4) is 0 Å². The van der Waals surface area contributed by atoms with Gasteiger partial charge in [0.05, 0.1) is 42.8 Å². The Morgan fingerprint density at radius 3 is 2.25 bits per heavy atom. The number of rotatable bonds is 11. The molecule has 0 saturated carbocycles. The Labute approximate surface area is 304 Å². The summed E-state index contributed by atoms with van der Waals surface area (Å²) < 4.78 is 13.1. The molecule has 2 N–H and O–H groups in total. The van der Waals surface area contributed by atoms with Crippen LogP contribution in [-0.4, -0.2) is 101 Å². The number of hydrogen-bond donors (Lipinski definition) is 2. The maximum Gasteiger partial charge on any atom is 0.262 e. The van der Waals surface area contributed by atoms with Crippen LogP contribution in [0.4, 0.5) is 0 Å². The lowest BCUT2D eigenvalue weighted by Crippen LogP contribution is -2.54. The number of piperidine rings is 1. The van der Waals surface area contributed by atoms with Crippen molar-refractivity contribution in [3.63, 3.8) is 0 Å². The number of aromatic nitrogens is 2. The van der Waals surface area contributed by atoms with E-state index in [0.717, 1.165) is 38.1 Å². The van der Waals surface area contributed by atoms with Gasteiger partial charge >= 0.3 is 0 Å². The summed E-state index contributed by atoms with van der Waals surface area (Å²) in [5.41, 5.74) is 4.60. The van der Waals surface area contributed by atoms with Crippen molar-refractivity contribution in [1.82, 2.24) is 34.9 Å². The minimum atomic E-state index is -1.00. The van der Waals surface area contributed by atoms with Gasteiger partial charge in [0.25, 0.3) is 17.4 Å². The summed E-state index contributed by atoms with van der Waals surface area (Å²) in [6.45, 7) is 2.51. The van der Waals surface area contributed by atoms with Crippen molar-refractivity contribution >= 4 is 40.3 Å². The number of amides is 5. The van der Waals surface area contributed by atoms with Gasteiger partial charge in [-0.2, -0.15) is 0 Å². The Kier molecular flexibility index (Phi) is 9.53. The highest BCUT2D eigenvalue weighted by molar-refractivity contribution is 6.23. The molecule has 3 aliphatic heterocycles. The van der Waals surface area contributed by atoms with Gasteiger partial charge in [0.1, 0.15) is 17.5 Å². The molecule has 0 spiro atoms. The van der Waals surface area contributed by atoms with Crippen LogP contribution < -0.4 is 25.7 Å². The molecule has 1 atom stereocenters. The first-order chi connectivity index (χ1) is 25.5. The number of carbonyl (C=O) groups excluding carboxylic acids is 5. The van der Waals surface area contributed by atoms with Crippen LogP contribution in [0.5, 0.6) is 11.5 Å². The Bertz CT molecular complexity index is 2200. The van der Waals surface area contributed by atoms with Crippen molar-refractivity contribution in [2.24, 2.45) is 7.05 Å². The molecule has 53 heavy (non-hydrogen) atoms. The van der Waals surface area contributed by atoms with Crippen LogP contribution in [-0.2, 0) is 41.1 Å². The number of fused-ring (bicyclic) bond motifs is 3. The standard InChI is InChI=1S/C38H39N7O8/c1-42(18-29-31(52-3)13-21(14-32(29)53-4)28-19-43(2)36(49)27-15-39-8-7-24(27)28)20-34(47)40-9-10-44-16-22-11-25-26(12-23(22)17-44)38(51)45(37(25)50)30-5-6-33(46)41-35(30)48/h7-8,11-15,19,30H,5-6,9-10,16-18,20H2,1-4H3,(H,40,47)(H,41,46,48). The lowest BCUT2D eigenvalue weighted by atomic mass is 9.99. The number of pyridine rings is 2. The van der Waals surface area contributed by atoms with Gasteiger partial charge < -0.3 is 19.4 Å². The largest absolute Gasteiger partial charge is 0.496 e. The third kappa shape index (κ3) is 6.64. The van der Waals surface area contributed by atoms with Crippen LogP contribution in [0.1, 0.15) is 50.2 Å². The van der Waals surface area contributed by atoms with Crippen molar-refractivity contribution in [3.8, 4) is 22.6 Å². The van der Waals surface area contributed by atoms with E-state index in [-0.39, 0.29) is 42.0 Å². The highest BCUT2D eigenvalue weighted by Gasteiger charge is 2.45. The number of nitrogens with zero attached hydrogens (tertiary/aromatic N) is 5. The maximum atomic E-state index is 13.2. The van der Waals surface area contributed by atoms with Crippen LogP contribution in [0.25, 0.3) is 21.9 Å². The predicted molar refractivity (Wildman–Crippen MR) is 192 cm³/mol. The summed E-state index contributed by atoms with van der Waals surface area (Å²) in [7, 11) is 6.69. The fourth-order valence-corrected chi connectivity index (χ4v) is 7.41. The van der Waals surface area contributed by atoms with Gasteiger partial charge in [0.2, 0.25) is 17.7 Å². The van der Waals surface area contributed by atoms with E-state index in [1.54, 1.807) is 52.0 Å². The minimum Gasteiger partial charge on any atom is -0.496 e. The minimum absolute atomic E-state index is 0.0661. The molecule has 1 fully saturated rings. The van der Waals surface area contributed by atoms with E-state index in [0.29, 0.717) is 49.6 Å². The van der Waals surface area contributed by atoms with E-state index in [2.05, 4.69) is 20.5 Å². The molecule has 1 saturated heterocycles. The second-order valence-electron chi connectivity index (χ2n) is 13.6. The highest BCUT2D eigenvalue weighted by atomic mass is 16.5. The first kappa shape index (κ1) is 35.5. The molecule has 0 radical (unpaired) electrons.